The molecule has 0 aromatic heterocycles. The number of carboxylic acids is 1. The number of carboxylic acid groups (broad SMARTS) is 1. The van der Waals surface area contributed by atoms with Crippen molar-refractivity contribution < 1.29 is 9.90 Å². The first-order valence-corrected chi connectivity index (χ1v) is 5.84. The molecule has 2 rings (SSSR count). The van der Waals surface area contributed by atoms with Gasteiger partial charge in [0, 0.05) is 0 Å². The van der Waals surface area contributed by atoms with Crippen LogP contribution in [0.4, 0.5) is 0 Å². The van der Waals surface area contributed by atoms with E-state index in [1.165, 1.54) is 0 Å². The van der Waals surface area contributed by atoms with Crippen molar-refractivity contribution in [3.05, 3.63) is 59.7 Å². The van der Waals surface area contributed by atoms with Crippen molar-refractivity contribution in [3.63, 3.8) is 0 Å². The van der Waals surface area contributed by atoms with Crippen LogP contribution in [0.2, 0.25) is 0 Å². The third-order valence-electron chi connectivity index (χ3n) is 2.85. The molecule has 18 heavy (non-hydrogen) atoms. The minimum atomic E-state index is -0.909. The van der Waals surface area contributed by atoms with Crippen molar-refractivity contribution in [1.82, 2.24) is 0 Å². The van der Waals surface area contributed by atoms with E-state index >= 15 is 0 Å². The average Bonchev–Trinajstić information content (AvgIpc) is 2.40. The Morgan fingerprint density at radius 2 is 1.89 bits per heavy atom. The largest absolute Gasteiger partial charge is 0.478 e. The van der Waals surface area contributed by atoms with Gasteiger partial charge in [-0.1, -0.05) is 36.4 Å². The zero-order valence-corrected chi connectivity index (χ0v) is 9.97. The summed E-state index contributed by atoms with van der Waals surface area (Å²) in [6, 6.07) is 14.9. The normalized spacial score (nSPS) is 10.3. The molecule has 2 aromatic carbocycles. The molecule has 0 heterocycles. The van der Waals surface area contributed by atoms with E-state index in [1.807, 2.05) is 30.3 Å². The zero-order chi connectivity index (χ0) is 13.0. The lowest BCUT2D eigenvalue weighted by Gasteiger charge is -2.09. The molecule has 0 aliphatic heterocycles. The Morgan fingerprint density at radius 1 is 1.11 bits per heavy atom. The number of nitrogens with two attached hydrogens (primary N) is 1. The summed E-state index contributed by atoms with van der Waals surface area (Å²) in [5, 5.41) is 9.01. The van der Waals surface area contributed by atoms with E-state index in [9.17, 15) is 4.79 Å². The fourth-order valence-corrected chi connectivity index (χ4v) is 2.00. The second kappa shape index (κ2) is 5.47. The Hall–Kier alpha value is -2.13. The maximum atomic E-state index is 11.0. The van der Waals surface area contributed by atoms with Crippen LogP contribution in [-0.2, 0) is 6.42 Å². The van der Waals surface area contributed by atoms with E-state index in [0.717, 1.165) is 23.1 Å². The zero-order valence-electron chi connectivity index (χ0n) is 9.97. The van der Waals surface area contributed by atoms with Crippen LogP contribution in [0.1, 0.15) is 15.9 Å². The van der Waals surface area contributed by atoms with E-state index in [-0.39, 0.29) is 0 Å². The molecule has 0 atom stereocenters. The molecule has 0 saturated carbocycles. The first-order valence-electron chi connectivity index (χ1n) is 5.84. The van der Waals surface area contributed by atoms with Gasteiger partial charge in [0.05, 0.1) is 5.56 Å². The SMILES string of the molecule is NCCc1ccccc1-c1cccc(C(=O)O)c1. The predicted octanol–water partition coefficient (Wildman–Crippen LogP) is 2.55. The molecule has 0 fully saturated rings. The van der Waals surface area contributed by atoms with Crippen LogP contribution in [0.15, 0.2) is 48.5 Å². The van der Waals surface area contributed by atoms with E-state index in [2.05, 4.69) is 0 Å². The van der Waals surface area contributed by atoms with Gasteiger partial charge < -0.3 is 10.8 Å². The first-order chi connectivity index (χ1) is 8.72. The maximum absolute atomic E-state index is 11.0. The quantitative estimate of drug-likeness (QED) is 0.864. The van der Waals surface area contributed by atoms with Crippen LogP contribution in [0.3, 0.4) is 0 Å². The van der Waals surface area contributed by atoms with Crippen LogP contribution in [-0.4, -0.2) is 17.6 Å². The lowest BCUT2D eigenvalue weighted by Crippen LogP contribution is -2.04. The molecule has 0 amide bonds. The lowest BCUT2D eigenvalue weighted by atomic mass is 9.96. The summed E-state index contributed by atoms with van der Waals surface area (Å²) in [5.74, 6) is -0.909. The molecule has 3 N–H and O–H groups in total. The van der Waals surface area contributed by atoms with Gasteiger partial charge in [-0.15, -0.1) is 0 Å². The summed E-state index contributed by atoms with van der Waals surface area (Å²) < 4.78 is 0. The van der Waals surface area contributed by atoms with Crippen molar-refractivity contribution >= 4 is 5.97 Å². The lowest BCUT2D eigenvalue weighted by molar-refractivity contribution is 0.0697. The van der Waals surface area contributed by atoms with Gasteiger partial charge in [-0.05, 0) is 41.8 Å². The van der Waals surface area contributed by atoms with Crippen molar-refractivity contribution in [2.75, 3.05) is 6.54 Å². The molecule has 0 radical (unpaired) electrons. The van der Waals surface area contributed by atoms with Gasteiger partial charge in [-0.2, -0.15) is 0 Å². The van der Waals surface area contributed by atoms with Crippen LogP contribution < -0.4 is 5.73 Å². The minimum absolute atomic E-state index is 0.301. The van der Waals surface area contributed by atoms with Crippen molar-refractivity contribution in [3.8, 4) is 11.1 Å². The molecular weight excluding hydrogens is 226 g/mol. The Bertz CT molecular complexity index is 564. The Labute approximate surface area is 106 Å². The van der Waals surface area contributed by atoms with Crippen LogP contribution in [0.25, 0.3) is 11.1 Å². The molecule has 3 nitrogen and oxygen atoms in total. The molecule has 0 unspecified atom stereocenters. The molecule has 0 aliphatic rings. The van der Waals surface area contributed by atoms with Crippen LogP contribution in [0.5, 0.6) is 0 Å². The second-order valence-electron chi connectivity index (χ2n) is 4.08. The third kappa shape index (κ3) is 2.57. The van der Waals surface area contributed by atoms with E-state index < -0.39 is 5.97 Å². The molecule has 3 heteroatoms. The average molecular weight is 241 g/mol. The highest BCUT2D eigenvalue weighted by Gasteiger charge is 2.07. The highest BCUT2D eigenvalue weighted by atomic mass is 16.4. The predicted molar refractivity (Wildman–Crippen MR) is 71.6 cm³/mol. The van der Waals surface area contributed by atoms with Crippen LogP contribution in [0, 0.1) is 0 Å². The third-order valence-corrected chi connectivity index (χ3v) is 2.85. The van der Waals surface area contributed by atoms with Crippen molar-refractivity contribution in [1.29, 1.82) is 0 Å². The molecule has 92 valence electrons. The molecule has 2 aromatic rings. The molecule has 0 saturated heterocycles. The fourth-order valence-electron chi connectivity index (χ4n) is 2.00. The minimum Gasteiger partial charge on any atom is -0.478 e. The maximum Gasteiger partial charge on any atom is 0.335 e. The summed E-state index contributed by atoms with van der Waals surface area (Å²) >= 11 is 0. The number of aromatic carboxylic acids is 1. The van der Waals surface area contributed by atoms with Gasteiger partial charge in [0.2, 0.25) is 0 Å². The standard InChI is InChI=1S/C15H15NO2/c16-9-8-11-4-1-2-7-14(11)12-5-3-6-13(10-12)15(17)18/h1-7,10H,8-9,16H2,(H,17,18). The summed E-state index contributed by atoms with van der Waals surface area (Å²) in [7, 11) is 0. The number of benzene rings is 2. The van der Waals surface area contributed by atoms with E-state index in [4.69, 9.17) is 10.8 Å². The molecule has 0 bridgehead atoms. The van der Waals surface area contributed by atoms with Gasteiger partial charge in [0.15, 0.2) is 0 Å². The number of rotatable bonds is 4. The smallest absolute Gasteiger partial charge is 0.335 e. The topological polar surface area (TPSA) is 63.3 Å². The van der Waals surface area contributed by atoms with Gasteiger partial charge >= 0.3 is 5.97 Å². The second-order valence-corrected chi connectivity index (χ2v) is 4.08. The van der Waals surface area contributed by atoms with Gasteiger partial charge in [-0.3, -0.25) is 0 Å². The summed E-state index contributed by atoms with van der Waals surface area (Å²) in [5.41, 5.74) is 9.00. The van der Waals surface area contributed by atoms with Crippen molar-refractivity contribution in [2.45, 2.75) is 6.42 Å². The van der Waals surface area contributed by atoms with E-state index in [0.29, 0.717) is 12.1 Å². The molecular formula is C15H15NO2. The number of hydrogen-bond acceptors (Lipinski definition) is 2. The van der Waals surface area contributed by atoms with E-state index in [1.54, 1.807) is 18.2 Å². The monoisotopic (exact) mass is 241 g/mol. The Kier molecular flexibility index (Phi) is 3.75. The number of carbonyl (C=O) groups is 1. The molecule has 0 spiro atoms. The summed E-state index contributed by atoms with van der Waals surface area (Å²) in [6.45, 7) is 0.579. The highest BCUT2D eigenvalue weighted by Crippen LogP contribution is 2.24. The van der Waals surface area contributed by atoms with Gasteiger partial charge in [0.25, 0.3) is 0 Å². The van der Waals surface area contributed by atoms with Crippen LogP contribution >= 0.6 is 0 Å². The molecule has 0 aliphatic carbocycles. The van der Waals surface area contributed by atoms with Gasteiger partial charge in [0.1, 0.15) is 0 Å². The van der Waals surface area contributed by atoms with Gasteiger partial charge in [-0.25, -0.2) is 4.79 Å². The first kappa shape index (κ1) is 12.3. The number of hydrogen-bond donors (Lipinski definition) is 2. The summed E-state index contributed by atoms with van der Waals surface area (Å²) in [6.07, 6.45) is 0.785. The Morgan fingerprint density at radius 3 is 2.61 bits per heavy atom. The Balaban J connectivity index is 2.48. The fraction of sp³-hybridized carbons (Fsp3) is 0.133. The summed E-state index contributed by atoms with van der Waals surface area (Å²) in [4.78, 5) is 11.0. The van der Waals surface area contributed by atoms with Crippen molar-refractivity contribution in [2.24, 2.45) is 5.73 Å². The highest BCUT2D eigenvalue weighted by molar-refractivity contribution is 5.89.